The molecule has 0 heterocycles. The Morgan fingerprint density at radius 3 is 2.59 bits per heavy atom. The number of benzene rings is 1. The predicted molar refractivity (Wildman–Crippen MR) is 71.8 cm³/mol. The lowest BCUT2D eigenvalue weighted by molar-refractivity contribution is 0.447. The zero-order valence-corrected chi connectivity index (χ0v) is 11.2. The summed E-state index contributed by atoms with van der Waals surface area (Å²) in [5.41, 5.74) is 3.94. The van der Waals surface area contributed by atoms with Gasteiger partial charge in [0.1, 0.15) is 0 Å². The monoisotopic (exact) mass is 230 g/mol. The Hall–Kier alpha value is -1.33. The smallest absolute Gasteiger partial charge is 0.0638 e. The zero-order chi connectivity index (χ0) is 12.8. The lowest BCUT2D eigenvalue weighted by Crippen LogP contribution is -2.31. The van der Waals surface area contributed by atoms with Crippen LogP contribution in [0.3, 0.4) is 0 Å². The van der Waals surface area contributed by atoms with Crippen LogP contribution in [0.1, 0.15) is 49.4 Å². The molecular formula is C15H22N2. The number of rotatable bonds is 5. The molecule has 1 aromatic rings. The second kappa shape index (κ2) is 6.42. The van der Waals surface area contributed by atoms with Crippen molar-refractivity contribution in [3.8, 4) is 6.07 Å². The van der Waals surface area contributed by atoms with Crippen molar-refractivity contribution in [3.05, 3.63) is 34.9 Å². The summed E-state index contributed by atoms with van der Waals surface area (Å²) in [5, 5.41) is 12.3. The molecule has 2 heteroatoms. The second-order valence-corrected chi connectivity index (χ2v) is 4.72. The number of aryl methyl sites for hydroxylation is 2. The van der Waals surface area contributed by atoms with Gasteiger partial charge < -0.3 is 5.32 Å². The fraction of sp³-hybridized carbons (Fsp3) is 0.533. The summed E-state index contributed by atoms with van der Waals surface area (Å²) in [6, 6.07) is 9.36. The molecule has 0 aromatic heterocycles. The molecule has 0 aliphatic rings. The number of hydrogen-bond acceptors (Lipinski definition) is 2. The highest BCUT2D eigenvalue weighted by molar-refractivity contribution is 5.32. The molecule has 0 fully saturated rings. The van der Waals surface area contributed by atoms with E-state index in [9.17, 15) is 0 Å². The molecule has 0 bridgehead atoms. The third kappa shape index (κ3) is 3.87. The van der Waals surface area contributed by atoms with Crippen LogP contribution in [0.25, 0.3) is 0 Å². The molecule has 0 spiro atoms. The zero-order valence-electron chi connectivity index (χ0n) is 11.2. The Morgan fingerprint density at radius 2 is 2.06 bits per heavy atom. The fourth-order valence-electron chi connectivity index (χ4n) is 2.19. The van der Waals surface area contributed by atoms with Gasteiger partial charge in [0.15, 0.2) is 0 Å². The molecule has 2 unspecified atom stereocenters. The van der Waals surface area contributed by atoms with Gasteiger partial charge in [0.2, 0.25) is 0 Å². The van der Waals surface area contributed by atoms with Gasteiger partial charge in [-0.05, 0) is 38.3 Å². The summed E-state index contributed by atoms with van der Waals surface area (Å²) < 4.78 is 0. The van der Waals surface area contributed by atoms with E-state index in [1.165, 1.54) is 16.7 Å². The molecular weight excluding hydrogens is 208 g/mol. The van der Waals surface area contributed by atoms with Crippen LogP contribution in [0, 0.1) is 25.2 Å². The van der Waals surface area contributed by atoms with Gasteiger partial charge in [-0.15, -0.1) is 0 Å². The maximum atomic E-state index is 8.75. The van der Waals surface area contributed by atoms with Crippen LogP contribution >= 0.6 is 0 Å². The standard InChI is InChI=1S/C15H22N2/c1-5-14(8-9-16)17-13(4)15-7-6-11(2)10-12(15)3/h6-7,10,13-14,17H,5,8H2,1-4H3. The minimum Gasteiger partial charge on any atom is -0.306 e. The van der Waals surface area contributed by atoms with E-state index in [0.717, 1.165) is 6.42 Å². The van der Waals surface area contributed by atoms with Crippen molar-refractivity contribution < 1.29 is 0 Å². The maximum absolute atomic E-state index is 8.75. The van der Waals surface area contributed by atoms with Gasteiger partial charge in [0.25, 0.3) is 0 Å². The largest absolute Gasteiger partial charge is 0.306 e. The van der Waals surface area contributed by atoms with Crippen LogP contribution < -0.4 is 5.32 Å². The van der Waals surface area contributed by atoms with E-state index in [-0.39, 0.29) is 6.04 Å². The van der Waals surface area contributed by atoms with Crippen LogP contribution in [0.2, 0.25) is 0 Å². The summed E-state index contributed by atoms with van der Waals surface area (Å²) in [5.74, 6) is 0. The van der Waals surface area contributed by atoms with Crippen LogP contribution in [0.4, 0.5) is 0 Å². The molecule has 0 radical (unpaired) electrons. The van der Waals surface area contributed by atoms with Gasteiger partial charge in [-0.25, -0.2) is 0 Å². The minimum atomic E-state index is 0.288. The van der Waals surface area contributed by atoms with Gasteiger partial charge >= 0.3 is 0 Å². The van der Waals surface area contributed by atoms with Gasteiger partial charge in [0, 0.05) is 12.1 Å². The molecule has 0 saturated heterocycles. The van der Waals surface area contributed by atoms with Crippen molar-refractivity contribution in [2.24, 2.45) is 0 Å². The maximum Gasteiger partial charge on any atom is 0.0638 e. The van der Waals surface area contributed by atoms with Crippen LogP contribution in [-0.4, -0.2) is 6.04 Å². The molecule has 92 valence electrons. The molecule has 0 aliphatic heterocycles. The van der Waals surface area contributed by atoms with Crippen molar-refractivity contribution in [3.63, 3.8) is 0 Å². The Bertz CT molecular complexity index is 404. The van der Waals surface area contributed by atoms with E-state index in [4.69, 9.17) is 5.26 Å². The van der Waals surface area contributed by atoms with Crippen LogP contribution in [0.5, 0.6) is 0 Å². The summed E-state index contributed by atoms with van der Waals surface area (Å²) in [7, 11) is 0. The Balaban J connectivity index is 2.75. The van der Waals surface area contributed by atoms with E-state index < -0.39 is 0 Å². The SMILES string of the molecule is CCC(CC#N)NC(C)c1ccc(C)cc1C. The normalized spacial score (nSPS) is 14.1. The van der Waals surface area contributed by atoms with E-state index in [1.807, 2.05) is 0 Å². The molecule has 17 heavy (non-hydrogen) atoms. The number of nitrogens with zero attached hydrogens (tertiary/aromatic N) is 1. The third-order valence-corrected chi connectivity index (χ3v) is 3.21. The summed E-state index contributed by atoms with van der Waals surface area (Å²) in [4.78, 5) is 0. The number of hydrogen-bond donors (Lipinski definition) is 1. The van der Waals surface area contributed by atoms with Crippen molar-refractivity contribution in [1.29, 1.82) is 5.26 Å². The second-order valence-electron chi connectivity index (χ2n) is 4.72. The summed E-state index contributed by atoms with van der Waals surface area (Å²) in [6.07, 6.45) is 1.56. The third-order valence-electron chi connectivity index (χ3n) is 3.21. The quantitative estimate of drug-likeness (QED) is 0.838. The first-order valence-electron chi connectivity index (χ1n) is 6.28. The average molecular weight is 230 g/mol. The van der Waals surface area contributed by atoms with E-state index in [2.05, 4.69) is 57.3 Å². The van der Waals surface area contributed by atoms with Gasteiger partial charge in [0.05, 0.1) is 12.5 Å². The van der Waals surface area contributed by atoms with Crippen molar-refractivity contribution in [2.75, 3.05) is 0 Å². The van der Waals surface area contributed by atoms with E-state index in [0.29, 0.717) is 12.5 Å². The van der Waals surface area contributed by atoms with E-state index in [1.54, 1.807) is 0 Å². The molecule has 0 aliphatic carbocycles. The first kappa shape index (κ1) is 13.7. The molecule has 0 saturated carbocycles. The molecule has 2 atom stereocenters. The minimum absolute atomic E-state index is 0.288. The lowest BCUT2D eigenvalue weighted by Gasteiger charge is -2.22. The van der Waals surface area contributed by atoms with Crippen molar-refractivity contribution in [2.45, 2.75) is 52.6 Å². The first-order chi connectivity index (χ1) is 8.08. The molecule has 1 N–H and O–H groups in total. The molecule has 1 rings (SSSR count). The van der Waals surface area contributed by atoms with E-state index >= 15 is 0 Å². The first-order valence-corrected chi connectivity index (χ1v) is 6.28. The number of nitrogens with one attached hydrogen (secondary N) is 1. The average Bonchev–Trinajstić information content (AvgIpc) is 2.28. The van der Waals surface area contributed by atoms with Crippen molar-refractivity contribution >= 4 is 0 Å². The Morgan fingerprint density at radius 1 is 1.35 bits per heavy atom. The molecule has 2 nitrogen and oxygen atoms in total. The van der Waals surface area contributed by atoms with Gasteiger partial charge in [-0.3, -0.25) is 0 Å². The molecule has 0 amide bonds. The van der Waals surface area contributed by atoms with Crippen LogP contribution in [-0.2, 0) is 0 Å². The van der Waals surface area contributed by atoms with Crippen LogP contribution in [0.15, 0.2) is 18.2 Å². The molecule has 1 aromatic carbocycles. The summed E-state index contributed by atoms with van der Waals surface area (Å²) >= 11 is 0. The predicted octanol–water partition coefficient (Wildman–Crippen LogP) is 3.65. The van der Waals surface area contributed by atoms with Crippen molar-refractivity contribution in [1.82, 2.24) is 5.32 Å². The van der Waals surface area contributed by atoms with Gasteiger partial charge in [-0.1, -0.05) is 30.7 Å². The fourth-order valence-corrected chi connectivity index (χ4v) is 2.19. The Labute approximate surface area is 105 Å². The van der Waals surface area contributed by atoms with Gasteiger partial charge in [-0.2, -0.15) is 5.26 Å². The Kier molecular flexibility index (Phi) is 5.18. The lowest BCUT2D eigenvalue weighted by atomic mass is 9.99. The highest BCUT2D eigenvalue weighted by Gasteiger charge is 2.13. The topological polar surface area (TPSA) is 35.8 Å². The summed E-state index contributed by atoms with van der Waals surface area (Å²) in [6.45, 7) is 8.53. The number of nitriles is 1. The highest BCUT2D eigenvalue weighted by Crippen LogP contribution is 2.19. The highest BCUT2D eigenvalue weighted by atomic mass is 14.9.